The zero-order chi connectivity index (χ0) is 18.3. The van der Waals surface area contributed by atoms with E-state index in [0.29, 0.717) is 24.5 Å². The van der Waals surface area contributed by atoms with Gasteiger partial charge < -0.3 is 19.3 Å². The fraction of sp³-hybridized carbons (Fsp3) is 0.389. The highest BCUT2D eigenvalue weighted by Gasteiger charge is 2.57. The molecule has 0 spiro atoms. The van der Waals surface area contributed by atoms with Gasteiger partial charge in [0.05, 0.1) is 0 Å². The van der Waals surface area contributed by atoms with E-state index in [4.69, 9.17) is 20.9 Å². The summed E-state index contributed by atoms with van der Waals surface area (Å²) in [6.07, 6.45) is 0.573. The summed E-state index contributed by atoms with van der Waals surface area (Å²) in [5.74, 6) is -0.116. The molecule has 2 aromatic rings. The van der Waals surface area contributed by atoms with E-state index in [1.807, 2.05) is 24.3 Å². The quantitative estimate of drug-likeness (QED) is 0.880. The van der Waals surface area contributed by atoms with Crippen LogP contribution in [0.15, 0.2) is 34.9 Å². The number of rotatable bonds is 4. The Labute approximate surface area is 154 Å². The van der Waals surface area contributed by atoms with Crippen molar-refractivity contribution >= 4 is 23.5 Å². The molecular weight excluding hydrogens is 360 g/mol. The van der Waals surface area contributed by atoms with Crippen molar-refractivity contribution in [2.24, 2.45) is 5.41 Å². The number of likely N-dealkylation sites (tertiary alicyclic amines) is 1. The molecule has 8 heteroatoms. The van der Waals surface area contributed by atoms with Gasteiger partial charge in [0.2, 0.25) is 5.91 Å². The molecule has 0 saturated carbocycles. The van der Waals surface area contributed by atoms with Crippen LogP contribution in [0.3, 0.4) is 0 Å². The third-order valence-corrected chi connectivity index (χ3v) is 5.39. The highest BCUT2D eigenvalue weighted by atomic mass is 35.5. The van der Waals surface area contributed by atoms with E-state index < -0.39 is 11.4 Å². The lowest BCUT2D eigenvalue weighted by Gasteiger charge is -2.35. The van der Waals surface area contributed by atoms with Gasteiger partial charge in [0.1, 0.15) is 23.5 Å². The number of aromatic nitrogens is 1. The van der Waals surface area contributed by atoms with Gasteiger partial charge in [-0.05, 0) is 6.07 Å². The monoisotopic (exact) mass is 376 g/mol. The molecule has 2 aliphatic heterocycles. The van der Waals surface area contributed by atoms with E-state index in [9.17, 15) is 14.7 Å². The van der Waals surface area contributed by atoms with E-state index in [-0.39, 0.29) is 36.6 Å². The van der Waals surface area contributed by atoms with Gasteiger partial charge in [-0.1, -0.05) is 35.0 Å². The second-order valence-corrected chi connectivity index (χ2v) is 7.12. The second kappa shape index (κ2) is 6.32. The van der Waals surface area contributed by atoms with Gasteiger partial charge in [-0.25, -0.2) is 0 Å². The van der Waals surface area contributed by atoms with Crippen molar-refractivity contribution in [3.63, 3.8) is 0 Å². The highest BCUT2D eigenvalue weighted by Crippen LogP contribution is 2.49. The van der Waals surface area contributed by atoms with Crippen LogP contribution < -0.4 is 4.74 Å². The molecule has 0 radical (unpaired) electrons. The van der Waals surface area contributed by atoms with Crippen LogP contribution >= 0.6 is 11.6 Å². The molecule has 0 unspecified atom stereocenters. The average molecular weight is 377 g/mol. The van der Waals surface area contributed by atoms with Crippen LogP contribution in [-0.2, 0) is 16.0 Å². The van der Waals surface area contributed by atoms with Crippen LogP contribution in [0.5, 0.6) is 5.75 Å². The number of aryl methyl sites for hydroxylation is 1. The predicted molar refractivity (Wildman–Crippen MR) is 91.2 cm³/mol. The van der Waals surface area contributed by atoms with Crippen molar-refractivity contribution in [3.05, 3.63) is 46.8 Å². The fourth-order valence-corrected chi connectivity index (χ4v) is 3.98. The van der Waals surface area contributed by atoms with Crippen LogP contribution in [-0.4, -0.2) is 46.7 Å². The lowest BCUT2D eigenvalue weighted by atomic mass is 9.73. The molecule has 1 fully saturated rings. The minimum absolute atomic E-state index is 0.0610. The summed E-state index contributed by atoms with van der Waals surface area (Å²) in [6.45, 7) is 0.561. The first-order chi connectivity index (χ1) is 12.5. The molecule has 0 bridgehead atoms. The number of halogens is 1. The van der Waals surface area contributed by atoms with Crippen molar-refractivity contribution in [1.29, 1.82) is 0 Å². The average Bonchev–Trinajstić information content (AvgIpc) is 3.24. The first kappa shape index (κ1) is 16.9. The van der Waals surface area contributed by atoms with E-state index in [1.165, 1.54) is 0 Å². The molecule has 1 N–H and O–H groups in total. The number of carbonyl (C=O) groups excluding carboxylic acids is 1. The number of aliphatic carboxylic acids is 1. The van der Waals surface area contributed by atoms with Crippen molar-refractivity contribution in [2.45, 2.75) is 18.8 Å². The summed E-state index contributed by atoms with van der Waals surface area (Å²) in [4.78, 5) is 26.3. The van der Waals surface area contributed by atoms with Crippen LogP contribution in [0.1, 0.15) is 23.7 Å². The Kier molecular flexibility index (Phi) is 4.11. The van der Waals surface area contributed by atoms with Crippen LogP contribution in [0.2, 0.25) is 5.15 Å². The molecule has 1 aromatic heterocycles. The number of ether oxygens (including phenoxy) is 1. The largest absolute Gasteiger partial charge is 0.492 e. The SMILES string of the molecule is O=C(CCc1cc(Cl)no1)N1C[C@@H]2c3ccccc3OC[C@]2(C(=O)O)C1. The number of para-hydroxylation sites is 1. The molecule has 4 rings (SSSR count). The lowest BCUT2D eigenvalue weighted by molar-refractivity contribution is -0.152. The molecule has 136 valence electrons. The molecule has 0 aliphatic carbocycles. The normalized spacial score (nSPS) is 23.9. The van der Waals surface area contributed by atoms with Crippen LogP contribution in [0.25, 0.3) is 0 Å². The second-order valence-electron chi connectivity index (χ2n) is 6.73. The van der Waals surface area contributed by atoms with Gasteiger partial charge in [-0.3, -0.25) is 9.59 Å². The van der Waals surface area contributed by atoms with Crippen molar-refractivity contribution in [2.75, 3.05) is 19.7 Å². The van der Waals surface area contributed by atoms with Crippen molar-refractivity contribution in [3.8, 4) is 5.75 Å². The van der Waals surface area contributed by atoms with Gasteiger partial charge in [-0.2, -0.15) is 0 Å². The van der Waals surface area contributed by atoms with E-state index in [2.05, 4.69) is 5.16 Å². The zero-order valence-electron chi connectivity index (χ0n) is 13.9. The van der Waals surface area contributed by atoms with Gasteiger partial charge in [0.25, 0.3) is 0 Å². The molecule has 1 aromatic carbocycles. The number of hydrogen-bond acceptors (Lipinski definition) is 5. The first-order valence-corrected chi connectivity index (χ1v) is 8.71. The zero-order valence-corrected chi connectivity index (χ0v) is 14.6. The number of carboxylic acids is 1. The predicted octanol–water partition coefficient (Wildman–Crippen LogP) is 2.35. The summed E-state index contributed by atoms with van der Waals surface area (Å²) in [5.41, 5.74) is -0.266. The smallest absolute Gasteiger partial charge is 0.315 e. The number of carbonyl (C=O) groups is 2. The fourth-order valence-electron chi connectivity index (χ4n) is 3.82. The molecule has 1 amide bonds. The summed E-state index contributed by atoms with van der Waals surface area (Å²) >= 11 is 5.71. The minimum Gasteiger partial charge on any atom is -0.492 e. The van der Waals surface area contributed by atoms with Gasteiger partial charge in [0, 0.05) is 43.5 Å². The number of carboxylic acid groups (broad SMARTS) is 1. The van der Waals surface area contributed by atoms with E-state index >= 15 is 0 Å². The lowest BCUT2D eigenvalue weighted by Crippen LogP contribution is -2.46. The van der Waals surface area contributed by atoms with E-state index in [1.54, 1.807) is 11.0 Å². The minimum atomic E-state index is -1.11. The topological polar surface area (TPSA) is 92.9 Å². The highest BCUT2D eigenvalue weighted by molar-refractivity contribution is 6.29. The molecular formula is C18H17ClN2O5. The number of nitrogens with zero attached hydrogens (tertiary/aromatic N) is 2. The Balaban J connectivity index is 1.53. The Morgan fingerprint density at radius 1 is 1.38 bits per heavy atom. The summed E-state index contributed by atoms with van der Waals surface area (Å²) in [7, 11) is 0. The summed E-state index contributed by atoms with van der Waals surface area (Å²) < 4.78 is 10.7. The molecule has 7 nitrogen and oxygen atoms in total. The molecule has 1 saturated heterocycles. The molecule has 3 heterocycles. The third-order valence-electron chi connectivity index (χ3n) is 5.22. The molecule has 26 heavy (non-hydrogen) atoms. The Hall–Kier alpha value is -2.54. The Bertz CT molecular complexity index is 867. The summed E-state index contributed by atoms with van der Waals surface area (Å²) in [5, 5.41) is 13.7. The van der Waals surface area contributed by atoms with Gasteiger partial charge in [-0.15, -0.1) is 0 Å². The van der Waals surface area contributed by atoms with Gasteiger partial charge >= 0.3 is 5.97 Å². The maximum absolute atomic E-state index is 12.6. The van der Waals surface area contributed by atoms with Crippen molar-refractivity contribution in [1.82, 2.24) is 10.1 Å². The standard InChI is InChI=1S/C18H17ClN2O5/c19-15-7-11(26-20-15)5-6-16(22)21-8-13-12-3-1-2-4-14(12)25-10-18(13,9-21)17(23)24/h1-4,7,13H,5-6,8-10H2,(H,23,24)/t13-,18-/m1/s1. The van der Waals surface area contributed by atoms with Gasteiger partial charge in [0.15, 0.2) is 5.15 Å². The maximum atomic E-state index is 12.6. The summed E-state index contributed by atoms with van der Waals surface area (Å²) in [6, 6.07) is 8.99. The molecule has 2 aliphatic rings. The van der Waals surface area contributed by atoms with E-state index in [0.717, 1.165) is 5.56 Å². The van der Waals surface area contributed by atoms with Crippen LogP contribution in [0, 0.1) is 5.41 Å². The molecule has 2 atom stereocenters. The Morgan fingerprint density at radius 3 is 2.92 bits per heavy atom. The van der Waals surface area contributed by atoms with Crippen molar-refractivity contribution < 1.29 is 24.0 Å². The number of hydrogen-bond donors (Lipinski definition) is 1. The number of fused-ring (bicyclic) bond motifs is 3. The first-order valence-electron chi connectivity index (χ1n) is 8.33. The van der Waals surface area contributed by atoms with Crippen LogP contribution in [0.4, 0.5) is 0 Å². The number of benzene rings is 1. The Morgan fingerprint density at radius 2 is 2.19 bits per heavy atom. The third kappa shape index (κ3) is 2.72. The maximum Gasteiger partial charge on any atom is 0.315 e. The number of amides is 1.